The van der Waals surface area contributed by atoms with Gasteiger partial charge < -0.3 is 4.52 Å². The average Bonchev–Trinajstić information content (AvgIpc) is 2.95. The molecule has 7 heteroatoms. The Balaban J connectivity index is 1.94. The number of aryl methyl sites for hydroxylation is 4. The predicted molar refractivity (Wildman–Crippen MR) is 76.1 cm³/mol. The second kappa shape index (κ2) is 4.82. The molecular weight excluding hydrogens is 276 g/mol. The van der Waals surface area contributed by atoms with Gasteiger partial charge in [-0.05, 0) is 38.7 Å². The average molecular weight is 290 g/mol. The van der Waals surface area contributed by atoms with Crippen molar-refractivity contribution in [1.29, 1.82) is 0 Å². The second-order valence-electron chi connectivity index (χ2n) is 4.74. The fourth-order valence-electron chi connectivity index (χ4n) is 2.26. The summed E-state index contributed by atoms with van der Waals surface area (Å²) in [4.78, 5) is 17.4. The van der Waals surface area contributed by atoms with Crippen LogP contribution in [0.25, 0.3) is 10.2 Å². The highest BCUT2D eigenvalue weighted by Gasteiger charge is 2.12. The summed E-state index contributed by atoms with van der Waals surface area (Å²) in [6.45, 7) is 6.18. The van der Waals surface area contributed by atoms with Gasteiger partial charge in [0.2, 0.25) is 0 Å². The molecule has 0 spiro atoms. The molecule has 0 radical (unpaired) electrons. The van der Waals surface area contributed by atoms with E-state index < -0.39 is 0 Å². The van der Waals surface area contributed by atoms with E-state index in [-0.39, 0.29) is 5.56 Å². The van der Waals surface area contributed by atoms with Crippen molar-refractivity contribution in [2.24, 2.45) is 0 Å². The van der Waals surface area contributed by atoms with Crippen LogP contribution in [0.5, 0.6) is 0 Å². The van der Waals surface area contributed by atoms with Gasteiger partial charge in [0.05, 0.1) is 23.1 Å². The first kappa shape index (κ1) is 13.0. The predicted octanol–water partition coefficient (Wildman–Crippen LogP) is 2.01. The van der Waals surface area contributed by atoms with E-state index in [1.807, 2.05) is 20.8 Å². The minimum Gasteiger partial charge on any atom is -0.361 e. The quantitative estimate of drug-likeness (QED) is 0.737. The Bertz CT molecular complexity index is 811. The molecule has 0 saturated heterocycles. The summed E-state index contributed by atoms with van der Waals surface area (Å²) in [7, 11) is 0. The zero-order chi connectivity index (χ0) is 14.3. The fourth-order valence-corrected chi connectivity index (χ4v) is 3.00. The molecule has 0 aliphatic heterocycles. The minimum absolute atomic E-state index is 0.0342. The zero-order valence-corrected chi connectivity index (χ0v) is 12.3. The number of fused-ring (bicyclic) bond motifs is 1. The lowest BCUT2D eigenvalue weighted by Crippen LogP contribution is -2.21. The summed E-state index contributed by atoms with van der Waals surface area (Å²) in [5.41, 5.74) is 2.64. The van der Waals surface area contributed by atoms with E-state index in [1.54, 1.807) is 10.9 Å². The standard InChI is InChI=1S/C13H14N4O2S/c1-7-10(9(3)19-15-7)4-5-17-6-14-12-11(13(17)18)8(2)16-20-12/h6H,4-5H2,1-3H3. The SMILES string of the molecule is Cc1noc(C)c1CCn1cnc2snc(C)c2c1=O. The number of hydrogen-bond donors (Lipinski definition) is 0. The van der Waals surface area contributed by atoms with E-state index >= 15 is 0 Å². The molecule has 0 N–H and O–H groups in total. The summed E-state index contributed by atoms with van der Waals surface area (Å²) in [6, 6.07) is 0. The van der Waals surface area contributed by atoms with Gasteiger partial charge in [0.1, 0.15) is 5.76 Å². The van der Waals surface area contributed by atoms with Gasteiger partial charge in [-0.3, -0.25) is 9.36 Å². The number of hydrogen-bond acceptors (Lipinski definition) is 6. The van der Waals surface area contributed by atoms with Gasteiger partial charge in [-0.1, -0.05) is 5.16 Å². The van der Waals surface area contributed by atoms with Crippen LogP contribution in [0.3, 0.4) is 0 Å². The lowest BCUT2D eigenvalue weighted by Gasteiger charge is -2.04. The highest BCUT2D eigenvalue weighted by atomic mass is 32.1. The maximum absolute atomic E-state index is 12.4. The van der Waals surface area contributed by atoms with Crippen molar-refractivity contribution in [3.05, 3.63) is 39.4 Å². The zero-order valence-electron chi connectivity index (χ0n) is 11.5. The van der Waals surface area contributed by atoms with Crippen LogP contribution in [-0.4, -0.2) is 19.1 Å². The van der Waals surface area contributed by atoms with E-state index in [0.29, 0.717) is 23.2 Å². The lowest BCUT2D eigenvalue weighted by molar-refractivity contribution is 0.392. The molecule has 0 saturated carbocycles. The second-order valence-corrected chi connectivity index (χ2v) is 5.50. The molecule has 3 heterocycles. The summed E-state index contributed by atoms with van der Waals surface area (Å²) in [5, 5.41) is 4.54. The summed E-state index contributed by atoms with van der Waals surface area (Å²) < 4.78 is 10.9. The molecule has 6 nitrogen and oxygen atoms in total. The number of rotatable bonds is 3. The van der Waals surface area contributed by atoms with Crippen molar-refractivity contribution < 1.29 is 4.52 Å². The molecular formula is C13H14N4O2S. The molecule has 0 aliphatic carbocycles. The largest absolute Gasteiger partial charge is 0.361 e. The van der Waals surface area contributed by atoms with Gasteiger partial charge in [0, 0.05) is 12.1 Å². The maximum Gasteiger partial charge on any atom is 0.263 e. The van der Waals surface area contributed by atoms with Crippen LogP contribution >= 0.6 is 11.5 Å². The first-order valence-electron chi connectivity index (χ1n) is 6.31. The van der Waals surface area contributed by atoms with E-state index in [0.717, 1.165) is 22.7 Å². The van der Waals surface area contributed by atoms with Crippen LogP contribution in [0, 0.1) is 20.8 Å². The normalized spacial score (nSPS) is 11.3. The van der Waals surface area contributed by atoms with Crippen LogP contribution in [0.15, 0.2) is 15.6 Å². The lowest BCUT2D eigenvalue weighted by atomic mass is 10.1. The fraction of sp³-hybridized carbons (Fsp3) is 0.385. The van der Waals surface area contributed by atoms with E-state index in [2.05, 4.69) is 14.5 Å². The molecule has 3 rings (SSSR count). The van der Waals surface area contributed by atoms with Crippen LogP contribution in [0.1, 0.15) is 22.7 Å². The summed E-state index contributed by atoms with van der Waals surface area (Å²) >= 11 is 1.26. The molecule has 0 amide bonds. The topological polar surface area (TPSA) is 73.8 Å². The third-order valence-corrected chi connectivity index (χ3v) is 4.27. The molecule has 0 aliphatic rings. The van der Waals surface area contributed by atoms with Gasteiger partial charge in [-0.25, -0.2) is 4.98 Å². The first-order chi connectivity index (χ1) is 9.58. The van der Waals surface area contributed by atoms with Crippen LogP contribution in [0.4, 0.5) is 0 Å². The van der Waals surface area contributed by atoms with Gasteiger partial charge in [0.25, 0.3) is 5.56 Å². The van der Waals surface area contributed by atoms with Crippen LogP contribution in [0.2, 0.25) is 0 Å². The maximum atomic E-state index is 12.4. The third-order valence-electron chi connectivity index (χ3n) is 3.42. The highest BCUT2D eigenvalue weighted by molar-refractivity contribution is 7.12. The van der Waals surface area contributed by atoms with Crippen molar-refractivity contribution >= 4 is 21.7 Å². The monoisotopic (exact) mass is 290 g/mol. The number of nitrogens with zero attached hydrogens (tertiary/aromatic N) is 4. The molecule has 0 atom stereocenters. The molecule has 104 valence electrons. The minimum atomic E-state index is -0.0342. The van der Waals surface area contributed by atoms with Crippen molar-refractivity contribution in [3.63, 3.8) is 0 Å². The molecule has 20 heavy (non-hydrogen) atoms. The Labute approximate surface area is 119 Å². The van der Waals surface area contributed by atoms with Crippen molar-refractivity contribution in [1.82, 2.24) is 19.1 Å². The summed E-state index contributed by atoms with van der Waals surface area (Å²) in [5.74, 6) is 0.804. The molecule has 0 aromatic carbocycles. The van der Waals surface area contributed by atoms with E-state index in [4.69, 9.17) is 4.52 Å². The highest BCUT2D eigenvalue weighted by Crippen LogP contribution is 2.16. The molecule has 3 aromatic rings. The Morgan fingerprint density at radius 1 is 1.30 bits per heavy atom. The van der Waals surface area contributed by atoms with E-state index in [9.17, 15) is 4.79 Å². The Morgan fingerprint density at radius 3 is 2.80 bits per heavy atom. The first-order valence-corrected chi connectivity index (χ1v) is 7.08. The van der Waals surface area contributed by atoms with Crippen molar-refractivity contribution in [3.8, 4) is 0 Å². The summed E-state index contributed by atoms with van der Waals surface area (Å²) in [6.07, 6.45) is 2.28. The Hall–Kier alpha value is -2.02. The van der Waals surface area contributed by atoms with Crippen LogP contribution in [-0.2, 0) is 13.0 Å². The molecule has 3 aromatic heterocycles. The number of aromatic nitrogens is 4. The van der Waals surface area contributed by atoms with Gasteiger partial charge in [-0.2, -0.15) is 4.37 Å². The third kappa shape index (κ3) is 2.03. The smallest absolute Gasteiger partial charge is 0.263 e. The van der Waals surface area contributed by atoms with Crippen molar-refractivity contribution in [2.75, 3.05) is 0 Å². The van der Waals surface area contributed by atoms with Crippen molar-refractivity contribution in [2.45, 2.75) is 33.7 Å². The van der Waals surface area contributed by atoms with Gasteiger partial charge >= 0.3 is 0 Å². The molecule has 0 bridgehead atoms. The van der Waals surface area contributed by atoms with Gasteiger partial charge in [0.15, 0.2) is 4.83 Å². The van der Waals surface area contributed by atoms with Crippen LogP contribution < -0.4 is 5.56 Å². The molecule has 0 unspecified atom stereocenters. The van der Waals surface area contributed by atoms with Gasteiger partial charge in [-0.15, -0.1) is 0 Å². The van der Waals surface area contributed by atoms with E-state index in [1.165, 1.54) is 11.5 Å². The Morgan fingerprint density at radius 2 is 2.10 bits per heavy atom. The Kier molecular flexibility index (Phi) is 3.13. The molecule has 0 fully saturated rings.